The van der Waals surface area contributed by atoms with Gasteiger partial charge in [0.1, 0.15) is 0 Å². The van der Waals surface area contributed by atoms with E-state index in [1.807, 2.05) is 0 Å². The van der Waals surface area contributed by atoms with Crippen LogP contribution in [0.2, 0.25) is 0 Å². The number of nitrogen functional groups attached to an aromatic ring is 1. The molecule has 0 spiro atoms. The molecule has 0 saturated carbocycles. The number of aromatic nitrogens is 1. The number of hydrogen-bond donors (Lipinski definition) is 1. The van der Waals surface area contributed by atoms with E-state index in [0.29, 0.717) is 5.13 Å². The van der Waals surface area contributed by atoms with E-state index in [4.69, 9.17) is 5.73 Å². The van der Waals surface area contributed by atoms with Gasteiger partial charge in [0, 0.05) is 4.88 Å². The van der Waals surface area contributed by atoms with E-state index < -0.39 is 0 Å². The molecule has 2 N–H and O–H groups in total. The lowest BCUT2D eigenvalue weighted by Crippen LogP contribution is -2.11. The van der Waals surface area contributed by atoms with Gasteiger partial charge in [0.25, 0.3) is 0 Å². The van der Waals surface area contributed by atoms with E-state index in [1.54, 1.807) is 11.3 Å². The van der Waals surface area contributed by atoms with E-state index in [1.165, 1.54) is 4.88 Å². The highest BCUT2D eigenvalue weighted by molar-refractivity contribution is 7.15. The van der Waals surface area contributed by atoms with Crippen molar-refractivity contribution in [3.63, 3.8) is 0 Å². The van der Waals surface area contributed by atoms with E-state index >= 15 is 0 Å². The zero-order chi connectivity index (χ0) is 9.35. The molecule has 0 saturated heterocycles. The first-order chi connectivity index (χ1) is 5.45. The van der Waals surface area contributed by atoms with Gasteiger partial charge in [-0.2, -0.15) is 0 Å². The highest BCUT2D eigenvalue weighted by atomic mass is 32.1. The van der Waals surface area contributed by atoms with Gasteiger partial charge < -0.3 is 5.73 Å². The Morgan fingerprint density at radius 3 is 2.33 bits per heavy atom. The third-order valence-electron chi connectivity index (χ3n) is 1.73. The number of thiazole rings is 1. The fraction of sp³-hybridized carbons (Fsp3) is 0.667. The molecular formula is C9H16N2S. The highest BCUT2D eigenvalue weighted by Crippen LogP contribution is 2.32. The number of aryl methyl sites for hydroxylation is 1. The van der Waals surface area contributed by atoms with Crippen molar-refractivity contribution in [1.29, 1.82) is 0 Å². The zero-order valence-corrected chi connectivity index (χ0v) is 8.96. The normalized spacial score (nSPS) is 12.0. The van der Waals surface area contributed by atoms with Gasteiger partial charge >= 0.3 is 0 Å². The van der Waals surface area contributed by atoms with E-state index in [0.717, 1.165) is 12.1 Å². The third kappa shape index (κ3) is 1.78. The van der Waals surface area contributed by atoms with Crippen molar-refractivity contribution in [3.05, 3.63) is 10.6 Å². The fourth-order valence-electron chi connectivity index (χ4n) is 1.20. The van der Waals surface area contributed by atoms with Gasteiger partial charge in [0.2, 0.25) is 0 Å². The number of nitrogens with two attached hydrogens (primary N) is 1. The zero-order valence-electron chi connectivity index (χ0n) is 8.14. The van der Waals surface area contributed by atoms with Crippen LogP contribution in [0, 0.1) is 0 Å². The molecule has 2 nitrogen and oxygen atoms in total. The van der Waals surface area contributed by atoms with Crippen molar-refractivity contribution < 1.29 is 0 Å². The smallest absolute Gasteiger partial charge is 0.180 e. The molecule has 1 heterocycles. The molecule has 1 aromatic heterocycles. The molecule has 0 radical (unpaired) electrons. The Morgan fingerprint density at radius 1 is 1.42 bits per heavy atom. The Balaban J connectivity index is 3.13. The lowest BCUT2D eigenvalue weighted by atomic mass is 9.93. The molecule has 12 heavy (non-hydrogen) atoms. The Bertz CT molecular complexity index is 271. The summed E-state index contributed by atoms with van der Waals surface area (Å²) in [7, 11) is 0. The van der Waals surface area contributed by atoms with Crippen molar-refractivity contribution in [2.75, 3.05) is 5.73 Å². The quantitative estimate of drug-likeness (QED) is 0.728. The molecule has 0 aromatic carbocycles. The van der Waals surface area contributed by atoms with Crippen LogP contribution in [0.25, 0.3) is 0 Å². The molecular weight excluding hydrogens is 168 g/mol. The van der Waals surface area contributed by atoms with Crippen LogP contribution < -0.4 is 5.73 Å². The van der Waals surface area contributed by atoms with Gasteiger partial charge in [-0.3, -0.25) is 0 Å². The minimum Gasteiger partial charge on any atom is -0.375 e. The lowest BCUT2D eigenvalue weighted by molar-refractivity contribution is 0.595. The van der Waals surface area contributed by atoms with Crippen LogP contribution in [0.5, 0.6) is 0 Å². The Kier molecular flexibility index (Phi) is 2.42. The van der Waals surface area contributed by atoms with Crippen LogP contribution >= 0.6 is 11.3 Å². The third-order valence-corrected chi connectivity index (χ3v) is 3.08. The topological polar surface area (TPSA) is 38.9 Å². The molecule has 0 aliphatic heterocycles. The van der Waals surface area contributed by atoms with Crippen LogP contribution in [0.3, 0.4) is 0 Å². The summed E-state index contributed by atoms with van der Waals surface area (Å²) in [5.74, 6) is 0. The van der Waals surface area contributed by atoms with Gasteiger partial charge in [-0.25, -0.2) is 4.98 Å². The lowest BCUT2D eigenvalue weighted by Gasteiger charge is -2.16. The predicted octanol–water partition coefficient (Wildman–Crippen LogP) is 2.59. The summed E-state index contributed by atoms with van der Waals surface area (Å²) in [5.41, 5.74) is 7.00. The molecule has 0 aliphatic carbocycles. The Hall–Kier alpha value is -0.570. The van der Waals surface area contributed by atoms with Crippen molar-refractivity contribution in [2.45, 2.75) is 39.5 Å². The SMILES string of the molecule is CCc1nc(N)sc1C(C)(C)C. The highest BCUT2D eigenvalue weighted by Gasteiger charge is 2.21. The minimum atomic E-state index is 0.181. The van der Waals surface area contributed by atoms with Crippen molar-refractivity contribution in [1.82, 2.24) is 4.98 Å². The van der Waals surface area contributed by atoms with Gasteiger partial charge in [0.15, 0.2) is 5.13 Å². The molecule has 0 amide bonds. The predicted molar refractivity (Wildman–Crippen MR) is 54.6 cm³/mol. The molecule has 0 atom stereocenters. The summed E-state index contributed by atoms with van der Waals surface area (Å²) >= 11 is 1.61. The summed E-state index contributed by atoms with van der Waals surface area (Å²) in [6.45, 7) is 8.70. The van der Waals surface area contributed by atoms with Crippen LogP contribution in [-0.4, -0.2) is 4.98 Å². The van der Waals surface area contributed by atoms with Crippen LogP contribution in [0.4, 0.5) is 5.13 Å². The van der Waals surface area contributed by atoms with Crippen LogP contribution in [0.15, 0.2) is 0 Å². The maximum absolute atomic E-state index is 5.66. The number of rotatable bonds is 1. The van der Waals surface area contributed by atoms with Crippen LogP contribution in [0.1, 0.15) is 38.3 Å². The Labute approximate surface area is 77.8 Å². The second-order valence-electron chi connectivity index (χ2n) is 3.93. The van der Waals surface area contributed by atoms with Crippen molar-refractivity contribution >= 4 is 16.5 Å². The number of hydrogen-bond acceptors (Lipinski definition) is 3. The molecule has 68 valence electrons. The monoisotopic (exact) mass is 184 g/mol. The largest absolute Gasteiger partial charge is 0.375 e. The van der Waals surface area contributed by atoms with E-state index in [-0.39, 0.29) is 5.41 Å². The molecule has 0 bridgehead atoms. The first kappa shape index (κ1) is 9.52. The standard InChI is InChI=1S/C9H16N2S/c1-5-6-7(9(2,3)4)12-8(10)11-6/h5H2,1-4H3,(H2,10,11). The van der Waals surface area contributed by atoms with E-state index in [2.05, 4.69) is 32.7 Å². The molecule has 0 fully saturated rings. The van der Waals surface area contributed by atoms with Gasteiger partial charge in [-0.1, -0.05) is 27.7 Å². The molecule has 1 aromatic rings. The Morgan fingerprint density at radius 2 is 2.00 bits per heavy atom. The average Bonchev–Trinajstić information content (AvgIpc) is 2.29. The number of anilines is 1. The van der Waals surface area contributed by atoms with Crippen LogP contribution in [-0.2, 0) is 11.8 Å². The summed E-state index contributed by atoms with van der Waals surface area (Å²) < 4.78 is 0. The summed E-state index contributed by atoms with van der Waals surface area (Å²) in [6, 6.07) is 0. The second kappa shape index (κ2) is 3.05. The molecule has 1 rings (SSSR count). The van der Waals surface area contributed by atoms with E-state index in [9.17, 15) is 0 Å². The summed E-state index contributed by atoms with van der Waals surface area (Å²) in [6.07, 6.45) is 0.973. The fourth-order valence-corrected chi connectivity index (χ4v) is 2.17. The summed E-state index contributed by atoms with van der Waals surface area (Å²) in [5, 5.41) is 0.691. The molecule has 3 heteroatoms. The second-order valence-corrected chi connectivity index (χ2v) is 4.96. The minimum absolute atomic E-state index is 0.181. The average molecular weight is 184 g/mol. The van der Waals surface area contributed by atoms with Crippen molar-refractivity contribution in [2.24, 2.45) is 0 Å². The molecule has 0 unspecified atom stereocenters. The maximum atomic E-state index is 5.66. The van der Waals surface area contributed by atoms with Gasteiger partial charge in [0.05, 0.1) is 5.69 Å². The van der Waals surface area contributed by atoms with Gasteiger partial charge in [-0.15, -0.1) is 11.3 Å². The first-order valence-electron chi connectivity index (χ1n) is 4.20. The molecule has 0 aliphatic rings. The number of nitrogens with zero attached hydrogens (tertiary/aromatic N) is 1. The maximum Gasteiger partial charge on any atom is 0.180 e. The summed E-state index contributed by atoms with van der Waals surface area (Å²) in [4.78, 5) is 5.61. The first-order valence-corrected chi connectivity index (χ1v) is 5.02. The van der Waals surface area contributed by atoms with Crippen molar-refractivity contribution in [3.8, 4) is 0 Å². The van der Waals surface area contributed by atoms with Gasteiger partial charge in [-0.05, 0) is 11.8 Å².